The highest BCUT2D eigenvalue weighted by atomic mass is 16.5. The molecular formula is C45H59BO. The summed E-state index contributed by atoms with van der Waals surface area (Å²) in [5.74, 6) is 7.14. The van der Waals surface area contributed by atoms with Crippen LogP contribution < -0.4 is 0 Å². The summed E-state index contributed by atoms with van der Waals surface area (Å²) in [4.78, 5) is 0. The Kier molecular flexibility index (Phi) is 8.91. The number of hydrogen-bond acceptors (Lipinski definition) is 1. The van der Waals surface area contributed by atoms with Gasteiger partial charge in [-0.15, -0.1) is 0 Å². The van der Waals surface area contributed by atoms with Gasteiger partial charge in [0.05, 0.1) is 6.61 Å². The SMILES string of the molecule is C/C(=C\CB(C1CC2C[C@H]([C@H]1C)C2(C)C)[C@@H]1C[C@H]2CC([C@@H]1C)C2(C)C)CCOC(c1ccccc1)(c1ccccc1)c1ccccc1. The zero-order valence-electron chi connectivity index (χ0n) is 30.3. The predicted octanol–water partition coefficient (Wildman–Crippen LogP) is 12.0. The van der Waals surface area contributed by atoms with Gasteiger partial charge in [-0.2, -0.15) is 0 Å². The predicted molar refractivity (Wildman–Crippen MR) is 200 cm³/mol. The van der Waals surface area contributed by atoms with Gasteiger partial charge in [0.2, 0.25) is 0 Å². The van der Waals surface area contributed by atoms with Crippen molar-refractivity contribution in [2.24, 2.45) is 46.3 Å². The van der Waals surface area contributed by atoms with E-state index in [4.69, 9.17) is 4.74 Å². The molecule has 1 nitrogen and oxygen atoms in total. The van der Waals surface area contributed by atoms with Crippen molar-refractivity contribution in [3.8, 4) is 0 Å². The first-order chi connectivity index (χ1) is 22.5. The smallest absolute Gasteiger partial charge is 0.150 e. The number of ether oxygens (including phenoxy) is 1. The number of benzene rings is 3. The summed E-state index contributed by atoms with van der Waals surface area (Å²) in [5.41, 5.74) is 5.48. The molecule has 0 N–H and O–H groups in total. The first-order valence-electron chi connectivity index (χ1n) is 19.0. The summed E-state index contributed by atoms with van der Waals surface area (Å²) in [6.07, 6.45) is 10.7. The van der Waals surface area contributed by atoms with Crippen LogP contribution in [0.2, 0.25) is 18.0 Å². The standard InChI is InChI=1S/C45H59BO/c1-31(24-26-47-45(34-17-11-8-12-18-34,35-19-13-9-14-20-35)36-21-15-10-16-22-36)23-25-46(41-29-37-27-39(32(41)2)43(37,4)5)42-30-38-28-40(33(42)3)44(38,6)7/h8-23,32-33,37-42H,24-30H2,1-7H3/b31-23+/t32-,33+,37+,38?,39?,40+,41+,42?/m0/s1. The van der Waals surface area contributed by atoms with Gasteiger partial charge in [-0.1, -0.05) is 175 Å². The molecule has 8 atom stereocenters. The van der Waals surface area contributed by atoms with E-state index in [2.05, 4.69) is 146 Å². The lowest BCUT2D eigenvalue weighted by molar-refractivity contribution is -0.107. The summed E-state index contributed by atoms with van der Waals surface area (Å²) >= 11 is 0. The molecule has 6 aliphatic carbocycles. The van der Waals surface area contributed by atoms with Crippen molar-refractivity contribution >= 4 is 6.71 Å². The third kappa shape index (κ3) is 5.59. The van der Waals surface area contributed by atoms with Gasteiger partial charge in [-0.25, -0.2) is 0 Å². The summed E-state index contributed by atoms with van der Waals surface area (Å²) in [6, 6.07) is 32.5. The third-order valence-corrected chi connectivity index (χ3v) is 15.0. The van der Waals surface area contributed by atoms with Crippen LogP contribution >= 0.6 is 0 Å². The van der Waals surface area contributed by atoms with E-state index in [1.54, 1.807) is 0 Å². The van der Waals surface area contributed by atoms with Gasteiger partial charge < -0.3 is 4.74 Å². The van der Waals surface area contributed by atoms with Crippen LogP contribution in [0, 0.1) is 46.3 Å². The molecule has 6 saturated carbocycles. The largest absolute Gasteiger partial charge is 0.361 e. The van der Waals surface area contributed by atoms with Gasteiger partial charge in [-0.3, -0.25) is 0 Å². The molecule has 6 fully saturated rings. The van der Waals surface area contributed by atoms with Crippen molar-refractivity contribution in [1.82, 2.24) is 0 Å². The fourth-order valence-corrected chi connectivity index (χ4v) is 11.7. The van der Waals surface area contributed by atoms with Crippen LogP contribution in [0.15, 0.2) is 103 Å². The second kappa shape index (κ2) is 12.7. The van der Waals surface area contributed by atoms with Gasteiger partial charge in [0.1, 0.15) is 5.60 Å². The van der Waals surface area contributed by atoms with E-state index in [0.29, 0.717) is 17.4 Å². The van der Waals surface area contributed by atoms with Gasteiger partial charge >= 0.3 is 0 Å². The Bertz CT molecular complexity index is 1390. The monoisotopic (exact) mass is 626 g/mol. The average Bonchev–Trinajstić information content (AvgIpc) is 3.08. The van der Waals surface area contributed by atoms with Crippen molar-refractivity contribution in [1.29, 1.82) is 0 Å². The molecule has 9 rings (SSSR count). The highest BCUT2D eigenvalue weighted by molar-refractivity contribution is 6.63. The molecule has 0 saturated heterocycles. The van der Waals surface area contributed by atoms with E-state index < -0.39 is 5.60 Å². The second-order valence-corrected chi connectivity index (χ2v) is 17.6. The van der Waals surface area contributed by atoms with E-state index in [1.807, 2.05) is 0 Å². The Morgan fingerprint density at radius 2 is 1.09 bits per heavy atom. The summed E-state index contributed by atoms with van der Waals surface area (Å²) in [6.45, 7) is 19.4. The molecule has 0 aromatic heterocycles. The molecule has 4 bridgehead atoms. The Hall–Kier alpha value is -2.58. The number of hydrogen-bond donors (Lipinski definition) is 0. The highest BCUT2D eigenvalue weighted by Gasteiger charge is 2.62. The van der Waals surface area contributed by atoms with Crippen LogP contribution in [0.3, 0.4) is 0 Å². The maximum atomic E-state index is 7.18. The van der Waals surface area contributed by atoms with E-state index in [9.17, 15) is 0 Å². The molecule has 248 valence electrons. The molecule has 47 heavy (non-hydrogen) atoms. The maximum Gasteiger partial charge on any atom is 0.150 e. The lowest BCUT2D eigenvalue weighted by atomic mass is 9.20. The summed E-state index contributed by atoms with van der Waals surface area (Å²) < 4.78 is 7.18. The number of fused-ring (bicyclic) bond motifs is 4. The summed E-state index contributed by atoms with van der Waals surface area (Å²) in [5, 5.41) is 0. The Labute approximate surface area is 287 Å². The first kappa shape index (κ1) is 32.9. The molecule has 0 radical (unpaired) electrons. The van der Waals surface area contributed by atoms with Crippen LogP contribution in [0.5, 0.6) is 0 Å². The van der Waals surface area contributed by atoms with Crippen molar-refractivity contribution in [2.45, 2.75) is 104 Å². The van der Waals surface area contributed by atoms with Crippen molar-refractivity contribution in [3.63, 3.8) is 0 Å². The molecule has 0 spiro atoms. The van der Waals surface area contributed by atoms with E-state index in [1.165, 1.54) is 54.3 Å². The quantitative estimate of drug-likeness (QED) is 0.117. The van der Waals surface area contributed by atoms with E-state index in [0.717, 1.165) is 60.3 Å². The van der Waals surface area contributed by atoms with Crippen LogP contribution in [-0.4, -0.2) is 13.3 Å². The fraction of sp³-hybridized carbons (Fsp3) is 0.556. The van der Waals surface area contributed by atoms with Crippen LogP contribution in [-0.2, 0) is 10.3 Å². The Balaban J connectivity index is 1.12. The second-order valence-electron chi connectivity index (χ2n) is 17.6. The van der Waals surface area contributed by atoms with Gasteiger partial charge in [0.15, 0.2) is 6.71 Å². The van der Waals surface area contributed by atoms with Crippen molar-refractivity contribution in [2.75, 3.05) is 6.61 Å². The van der Waals surface area contributed by atoms with Crippen molar-refractivity contribution in [3.05, 3.63) is 119 Å². The zero-order valence-corrected chi connectivity index (χ0v) is 30.3. The van der Waals surface area contributed by atoms with Gasteiger partial charge in [0.25, 0.3) is 0 Å². The minimum Gasteiger partial charge on any atom is -0.361 e. The van der Waals surface area contributed by atoms with Gasteiger partial charge in [-0.05, 0) is 89.2 Å². The zero-order chi connectivity index (χ0) is 33.0. The highest BCUT2D eigenvalue weighted by Crippen LogP contribution is 2.69. The molecule has 0 aliphatic heterocycles. The van der Waals surface area contributed by atoms with Crippen LogP contribution in [0.1, 0.15) is 97.3 Å². The average molecular weight is 627 g/mol. The normalized spacial score (nSPS) is 32.2. The Morgan fingerprint density at radius 3 is 1.45 bits per heavy atom. The lowest BCUT2D eigenvalue weighted by Crippen LogP contribution is -2.59. The molecule has 2 heteroatoms. The lowest BCUT2D eigenvalue weighted by Gasteiger charge is -2.66. The molecule has 3 unspecified atom stereocenters. The van der Waals surface area contributed by atoms with Gasteiger partial charge in [0, 0.05) is 0 Å². The molecule has 6 aliphatic rings. The Morgan fingerprint density at radius 1 is 0.681 bits per heavy atom. The minimum absolute atomic E-state index is 0.550. The topological polar surface area (TPSA) is 9.23 Å². The molecule has 3 aromatic carbocycles. The van der Waals surface area contributed by atoms with Crippen LogP contribution in [0.25, 0.3) is 0 Å². The molecular weight excluding hydrogens is 567 g/mol. The molecule has 3 aromatic rings. The number of allylic oxidation sites excluding steroid dienone is 1. The summed E-state index contributed by atoms with van der Waals surface area (Å²) in [7, 11) is 0. The third-order valence-electron chi connectivity index (χ3n) is 15.0. The first-order valence-corrected chi connectivity index (χ1v) is 19.0. The number of rotatable bonds is 11. The minimum atomic E-state index is -0.649. The molecule has 0 amide bonds. The van der Waals surface area contributed by atoms with E-state index in [-0.39, 0.29) is 0 Å². The maximum absolute atomic E-state index is 7.18. The van der Waals surface area contributed by atoms with E-state index >= 15 is 0 Å². The van der Waals surface area contributed by atoms with Crippen molar-refractivity contribution < 1.29 is 4.74 Å². The van der Waals surface area contributed by atoms with Crippen LogP contribution in [0.4, 0.5) is 0 Å². The fourth-order valence-electron chi connectivity index (χ4n) is 11.7. The molecule has 0 heterocycles.